The molecule has 1 aromatic carbocycles. The summed E-state index contributed by atoms with van der Waals surface area (Å²) in [5.74, 6) is 1.06. The van der Waals surface area contributed by atoms with Gasteiger partial charge in [-0.2, -0.15) is 5.10 Å². The normalized spacial score (nSPS) is 18.2. The van der Waals surface area contributed by atoms with Crippen LogP contribution in [0.15, 0.2) is 36.5 Å². The molecule has 0 bridgehead atoms. The minimum atomic E-state index is 0.129. The Morgan fingerprint density at radius 3 is 3.00 bits per heavy atom. The summed E-state index contributed by atoms with van der Waals surface area (Å²) >= 11 is 0. The summed E-state index contributed by atoms with van der Waals surface area (Å²) in [7, 11) is 0. The van der Waals surface area contributed by atoms with Crippen molar-refractivity contribution in [1.82, 2.24) is 25.1 Å². The number of aryl methyl sites for hydroxylation is 1. The molecule has 6 heteroatoms. The van der Waals surface area contributed by atoms with Gasteiger partial charge in [-0.1, -0.05) is 12.1 Å². The Bertz CT molecular complexity index is 790. The lowest BCUT2D eigenvalue weighted by Crippen LogP contribution is -2.38. The maximum atomic E-state index is 12.7. The lowest BCUT2D eigenvalue weighted by Gasteiger charge is -2.35. The van der Waals surface area contributed by atoms with Crippen molar-refractivity contribution in [2.24, 2.45) is 0 Å². The van der Waals surface area contributed by atoms with Crippen LogP contribution in [-0.4, -0.2) is 37.5 Å². The number of benzene rings is 1. The zero-order valence-corrected chi connectivity index (χ0v) is 13.5. The molecule has 0 spiro atoms. The number of H-pyrrole nitrogens is 2. The van der Waals surface area contributed by atoms with E-state index in [-0.39, 0.29) is 11.9 Å². The molecule has 0 radical (unpaired) electrons. The minimum absolute atomic E-state index is 0.129. The lowest BCUT2D eigenvalue weighted by molar-refractivity contribution is -0.135. The van der Waals surface area contributed by atoms with Crippen molar-refractivity contribution in [3.8, 4) is 0 Å². The zero-order chi connectivity index (χ0) is 16.4. The Labute approximate surface area is 140 Å². The molecule has 2 aromatic heterocycles. The van der Waals surface area contributed by atoms with Crippen molar-refractivity contribution in [2.45, 2.75) is 38.1 Å². The number of carbonyl (C=O) groups excluding carboxylic acids is 1. The van der Waals surface area contributed by atoms with E-state index in [2.05, 4.69) is 20.2 Å². The highest BCUT2D eigenvalue weighted by Gasteiger charge is 2.28. The van der Waals surface area contributed by atoms with Crippen LogP contribution in [0.3, 0.4) is 0 Å². The quantitative estimate of drug-likeness (QED) is 0.775. The van der Waals surface area contributed by atoms with Crippen LogP contribution in [-0.2, 0) is 11.2 Å². The molecule has 2 N–H and O–H groups in total. The van der Waals surface area contributed by atoms with Gasteiger partial charge in [-0.15, -0.1) is 0 Å². The van der Waals surface area contributed by atoms with Gasteiger partial charge >= 0.3 is 0 Å². The van der Waals surface area contributed by atoms with E-state index in [1.807, 2.05) is 35.2 Å². The fraction of sp³-hybridized carbons (Fsp3) is 0.389. The standard InChI is InChI=1S/C18H21N5O/c24-18(9-8-17-20-13-5-1-2-6-14(13)21-17)23-12-4-3-7-16(23)15-10-11-19-22-15/h1-2,5-6,10-11,16H,3-4,7-9,12H2,(H,19,22)(H,20,21)/t16-/m0/s1. The first-order valence-corrected chi connectivity index (χ1v) is 8.53. The van der Waals surface area contributed by atoms with Gasteiger partial charge in [0.1, 0.15) is 5.82 Å². The number of hydrogen-bond acceptors (Lipinski definition) is 3. The van der Waals surface area contributed by atoms with Crippen molar-refractivity contribution in [3.05, 3.63) is 48.0 Å². The van der Waals surface area contributed by atoms with E-state index in [4.69, 9.17) is 0 Å². The highest BCUT2D eigenvalue weighted by Crippen LogP contribution is 2.30. The predicted octanol–water partition coefficient (Wildman–Crippen LogP) is 2.97. The molecule has 3 heterocycles. The molecule has 1 amide bonds. The monoisotopic (exact) mass is 323 g/mol. The molecule has 0 aliphatic carbocycles. The van der Waals surface area contributed by atoms with E-state index < -0.39 is 0 Å². The third-order valence-corrected chi connectivity index (χ3v) is 4.72. The third-order valence-electron chi connectivity index (χ3n) is 4.72. The Balaban J connectivity index is 1.44. The highest BCUT2D eigenvalue weighted by molar-refractivity contribution is 5.78. The van der Waals surface area contributed by atoms with Crippen molar-refractivity contribution in [1.29, 1.82) is 0 Å². The average Bonchev–Trinajstić information content (AvgIpc) is 3.28. The molecule has 1 fully saturated rings. The van der Waals surface area contributed by atoms with Gasteiger partial charge in [-0.3, -0.25) is 9.89 Å². The summed E-state index contributed by atoms with van der Waals surface area (Å²) < 4.78 is 0. The molecule has 0 saturated carbocycles. The van der Waals surface area contributed by atoms with Gasteiger partial charge in [0.25, 0.3) is 0 Å². The summed E-state index contributed by atoms with van der Waals surface area (Å²) in [6, 6.07) is 10.0. The summed E-state index contributed by atoms with van der Waals surface area (Å²) in [5.41, 5.74) is 3.01. The number of imidazole rings is 1. The molecule has 6 nitrogen and oxygen atoms in total. The number of amides is 1. The zero-order valence-electron chi connectivity index (χ0n) is 13.5. The van der Waals surface area contributed by atoms with Gasteiger partial charge in [0.15, 0.2) is 0 Å². The van der Waals surface area contributed by atoms with Gasteiger partial charge in [-0.25, -0.2) is 4.98 Å². The Morgan fingerprint density at radius 1 is 1.25 bits per heavy atom. The molecule has 1 aliphatic heterocycles. The van der Waals surface area contributed by atoms with Gasteiger partial charge in [0, 0.05) is 25.6 Å². The number of hydrogen-bond donors (Lipinski definition) is 2. The number of rotatable bonds is 4. The van der Waals surface area contributed by atoms with Crippen molar-refractivity contribution < 1.29 is 4.79 Å². The smallest absolute Gasteiger partial charge is 0.223 e. The number of piperidine rings is 1. The second-order valence-corrected chi connectivity index (χ2v) is 6.31. The largest absolute Gasteiger partial charge is 0.342 e. The van der Waals surface area contributed by atoms with E-state index in [9.17, 15) is 4.79 Å². The maximum Gasteiger partial charge on any atom is 0.223 e. The number of para-hydroxylation sites is 2. The molecular weight excluding hydrogens is 302 g/mol. The molecule has 124 valence electrons. The second-order valence-electron chi connectivity index (χ2n) is 6.31. The van der Waals surface area contributed by atoms with Crippen LogP contribution >= 0.6 is 0 Å². The number of aromatic nitrogens is 4. The van der Waals surface area contributed by atoms with Crippen LogP contribution in [0.25, 0.3) is 11.0 Å². The first-order valence-electron chi connectivity index (χ1n) is 8.53. The summed E-state index contributed by atoms with van der Waals surface area (Å²) in [4.78, 5) is 22.6. The van der Waals surface area contributed by atoms with E-state index in [0.717, 1.165) is 48.4 Å². The Hall–Kier alpha value is -2.63. The minimum Gasteiger partial charge on any atom is -0.342 e. The van der Waals surface area contributed by atoms with Crippen molar-refractivity contribution >= 4 is 16.9 Å². The number of carbonyl (C=O) groups is 1. The summed E-state index contributed by atoms with van der Waals surface area (Å²) in [6.45, 7) is 0.822. The molecule has 4 rings (SSSR count). The van der Waals surface area contributed by atoms with E-state index >= 15 is 0 Å². The van der Waals surface area contributed by atoms with Gasteiger partial charge < -0.3 is 9.88 Å². The number of fused-ring (bicyclic) bond motifs is 1. The van der Waals surface area contributed by atoms with E-state index in [1.54, 1.807) is 6.20 Å². The average molecular weight is 323 g/mol. The molecule has 0 unspecified atom stereocenters. The van der Waals surface area contributed by atoms with Crippen LogP contribution in [0, 0.1) is 0 Å². The number of likely N-dealkylation sites (tertiary alicyclic amines) is 1. The Kier molecular flexibility index (Phi) is 4.02. The number of nitrogens with one attached hydrogen (secondary N) is 2. The first-order chi connectivity index (χ1) is 11.8. The van der Waals surface area contributed by atoms with E-state index in [0.29, 0.717) is 12.8 Å². The third kappa shape index (κ3) is 2.91. The van der Waals surface area contributed by atoms with Crippen LogP contribution in [0.4, 0.5) is 0 Å². The van der Waals surface area contributed by atoms with Crippen LogP contribution < -0.4 is 0 Å². The highest BCUT2D eigenvalue weighted by atomic mass is 16.2. The van der Waals surface area contributed by atoms with Gasteiger partial charge in [0.2, 0.25) is 5.91 Å². The van der Waals surface area contributed by atoms with Gasteiger partial charge in [0.05, 0.1) is 22.8 Å². The van der Waals surface area contributed by atoms with Crippen LogP contribution in [0.1, 0.15) is 43.2 Å². The first kappa shape index (κ1) is 14.9. The molecule has 24 heavy (non-hydrogen) atoms. The molecule has 1 saturated heterocycles. The SMILES string of the molecule is O=C(CCc1nc2ccccc2[nH]1)N1CCCC[C@H]1c1ccn[nH]1. The van der Waals surface area contributed by atoms with Crippen LogP contribution in [0.5, 0.6) is 0 Å². The van der Waals surface area contributed by atoms with Crippen LogP contribution in [0.2, 0.25) is 0 Å². The molecule has 1 aliphatic rings. The summed E-state index contributed by atoms with van der Waals surface area (Å²) in [6.07, 6.45) is 6.09. The summed E-state index contributed by atoms with van der Waals surface area (Å²) in [5, 5.41) is 7.05. The van der Waals surface area contributed by atoms with Crippen molar-refractivity contribution in [3.63, 3.8) is 0 Å². The Morgan fingerprint density at radius 2 is 2.17 bits per heavy atom. The van der Waals surface area contributed by atoms with Crippen molar-refractivity contribution in [2.75, 3.05) is 6.54 Å². The molecule has 3 aromatic rings. The lowest BCUT2D eigenvalue weighted by atomic mass is 9.99. The fourth-order valence-corrected chi connectivity index (χ4v) is 3.50. The fourth-order valence-electron chi connectivity index (χ4n) is 3.50. The maximum absolute atomic E-state index is 12.7. The molecular formula is C18H21N5O. The van der Waals surface area contributed by atoms with Gasteiger partial charge in [-0.05, 0) is 37.5 Å². The molecule has 1 atom stereocenters. The number of aromatic amines is 2. The second kappa shape index (κ2) is 6.47. The van der Waals surface area contributed by atoms with E-state index in [1.165, 1.54) is 0 Å². The number of nitrogens with zero attached hydrogens (tertiary/aromatic N) is 3. The topological polar surface area (TPSA) is 77.7 Å². The predicted molar refractivity (Wildman–Crippen MR) is 91.3 cm³/mol.